The van der Waals surface area contributed by atoms with Crippen LogP contribution in [0.2, 0.25) is 0 Å². The lowest BCUT2D eigenvalue weighted by Crippen LogP contribution is -3.08. The van der Waals surface area contributed by atoms with Gasteiger partial charge in [-0.15, -0.1) is 0 Å². The van der Waals surface area contributed by atoms with Crippen molar-refractivity contribution in [2.24, 2.45) is 0 Å². The maximum absolute atomic E-state index is 12.2. The first-order valence-corrected chi connectivity index (χ1v) is 9.83. The number of carbonyl (C=O) groups is 1. The molecule has 4 heteroatoms. The number of hydrogen-bond donors (Lipinski definition) is 2. The van der Waals surface area contributed by atoms with Crippen LogP contribution in [0, 0.1) is 6.92 Å². The first-order valence-electron chi connectivity index (χ1n) is 9.83. The van der Waals surface area contributed by atoms with Gasteiger partial charge in [0.1, 0.15) is 19.6 Å². The molecule has 1 aromatic heterocycles. The summed E-state index contributed by atoms with van der Waals surface area (Å²) in [7, 11) is 0. The second-order valence-electron chi connectivity index (χ2n) is 7.59. The molecule has 0 bridgehead atoms. The van der Waals surface area contributed by atoms with Gasteiger partial charge in [-0.25, -0.2) is 0 Å². The van der Waals surface area contributed by atoms with Crippen LogP contribution in [-0.2, 0) is 19.6 Å². The molecule has 0 spiro atoms. The molecule has 0 saturated carbocycles. The number of amides is 1. The van der Waals surface area contributed by atoms with E-state index in [-0.39, 0.29) is 11.9 Å². The minimum absolute atomic E-state index is 0.0855. The molecule has 0 fully saturated rings. The average Bonchev–Trinajstić information content (AvgIpc) is 3.12. The highest BCUT2D eigenvalue weighted by atomic mass is 16.4. The third-order valence-electron chi connectivity index (χ3n) is 4.73. The zero-order chi connectivity index (χ0) is 19.9. The van der Waals surface area contributed by atoms with Crippen LogP contribution in [0.3, 0.4) is 0 Å². The second kappa shape index (κ2) is 9.38. The van der Waals surface area contributed by atoms with Crippen molar-refractivity contribution in [1.82, 2.24) is 5.32 Å². The van der Waals surface area contributed by atoms with E-state index in [1.165, 1.54) is 21.6 Å². The number of hydrogen-bond acceptors (Lipinski definition) is 2. The van der Waals surface area contributed by atoms with E-state index in [0.29, 0.717) is 5.76 Å². The summed E-state index contributed by atoms with van der Waals surface area (Å²) >= 11 is 0. The number of aryl methyl sites for hydroxylation is 1. The molecule has 0 aliphatic carbocycles. The zero-order valence-electron chi connectivity index (χ0n) is 16.9. The Morgan fingerprint density at radius 2 is 1.64 bits per heavy atom. The molecule has 146 valence electrons. The lowest BCUT2D eigenvalue weighted by atomic mass is 10.1. The Labute approximate surface area is 167 Å². The van der Waals surface area contributed by atoms with Gasteiger partial charge in [-0.3, -0.25) is 4.79 Å². The number of furan rings is 1. The molecule has 1 heterocycles. The molecule has 3 aromatic rings. The van der Waals surface area contributed by atoms with Crippen LogP contribution in [0.25, 0.3) is 0 Å². The Morgan fingerprint density at radius 3 is 2.36 bits per heavy atom. The van der Waals surface area contributed by atoms with E-state index in [4.69, 9.17) is 4.42 Å². The van der Waals surface area contributed by atoms with Gasteiger partial charge in [0, 0.05) is 17.2 Å². The van der Waals surface area contributed by atoms with Crippen LogP contribution >= 0.6 is 0 Å². The third-order valence-corrected chi connectivity index (χ3v) is 4.73. The first-order chi connectivity index (χ1) is 13.5. The van der Waals surface area contributed by atoms with E-state index in [2.05, 4.69) is 60.8 Å². The molecule has 0 saturated heterocycles. The summed E-state index contributed by atoms with van der Waals surface area (Å²) in [5, 5.41) is 2.87. The topological polar surface area (TPSA) is 46.7 Å². The normalized spacial score (nSPS) is 12.1. The lowest BCUT2D eigenvalue weighted by Gasteiger charge is -2.20. The van der Waals surface area contributed by atoms with Crippen molar-refractivity contribution in [3.8, 4) is 0 Å². The summed E-state index contributed by atoms with van der Waals surface area (Å²) in [6.07, 6.45) is 0. The van der Waals surface area contributed by atoms with Crippen molar-refractivity contribution in [3.05, 3.63) is 94.9 Å². The van der Waals surface area contributed by atoms with Crippen molar-refractivity contribution in [1.29, 1.82) is 0 Å². The monoisotopic (exact) mass is 377 g/mol. The van der Waals surface area contributed by atoms with Gasteiger partial charge in [-0.2, -0.15) is 0 Å². The van der Waals surface area contributed by atoms with E-state index < -0.39 is 0 Å². The smallest absolute Gasteiger partial charge is 0.287 e. The molecule has 0 aliphatic rings. The maximum atomic E-state index is 12.2. The van der Waals surface area contributed by atoms with Crippen molar-refractivity contribution in [2.75, 3.05) is 0 Å². The Bertz CT molecular complexity index is 900. The minimum atomic E-state index is -0.162. The summed E-state index contributed by atoms with van der Waals surface area (Å²) in [6, 6.07) is 22.7. The van der Waals surface area contributed by atoms with Gasteiger partial charge in [-0.1, -0.05) is 54.6 Å². The number of nitrogens with one attached hydrogen (secondary N) is 2. The summed E-state index contributed by atoms with van der Waals surface area (Å²) in [6.45, 7) is 8.54. The van der Waals surface area contributed by atoms with E-state index in [0.717, 1.165) is 25.4 Å². The summed E-state index contributed by atoms with van der Waals surface area (Å²) in [5.41, 5.74) is 3.91. The van der Waals surface area contributed by atoms with Gasteiger partial charge in [0.05, 0.1) is 0 Å². The van der Waals surface area contributed by atoms with Gasteiger partial charge in [0.15, 0.2) is 11.5 Å². The van der Waals surface area contributed by atoms with Crippen molar-refractivity contribution >= 4 is 5.91 Å². The molecule has 0 radical (unpaired) electrons. The van der Waals surface area contributed by atoms with Crippen molar-refractivity contribution in [3.63, 3.8) is 0 Å². The highest BCUT2D eigenvalue weighted by molar-refractivity contribution is 5.91. The molecule has 4 nitrogen and oxygen atoms in total. The van der Waals surface area contributed by atoms with E-state index >= 15 is 0 Å². The third kappa shape index (κ3) is 5.57. The molecular weight excluding hydrogens is 348 g/mol. The number of benzene rings is 2. The van der Waals surface area contributed by atoms with Crippen LogP contribution in [0.15, 0.2) is 71.1 Å². The predicted molar refractivity (Wildman–Crippen MR) is 111 cm³/mol. The van der Waals surface area contributed by atoms with Crippen LogP contribution in [0.1, 0.15) is 46.9 Å². The van der Waals surface area contributed by atoms with Crippen LogP contribution in [0.4, 0.5) is 0 Å². The van der Waals surface area contributed by atoms with Crippen LogP contribution in [-0.4, -0.2) is 11.9 Å². The zero-order valence-corrected chi connectivity index (χ0v) is 16.9. The lowest BCUT2D eigenvalue weighted by molar-refractivity contribution is -0.942. The standard InChI is InChI=1S/C24H28N2O2/c1-18(2)25-24(27)23-14-13-22(28-23)17-26(15-20-10-5-4-6-11-20)16-21-12-8-7-9-19(21)3/h4-14,18H,15-17H2,1-3H3,(H,25,27)/p+1. The molecule has 1 amide bonds. The highest BCUT2D eigenvalue weighted by Gasteiger charge is 2.18. The second-order valence-corrected chi connectivity index (χ2v) is 7.59. The molecule has 0 aliphatic heterocycles. The van der Waals surface area contributed by atoms with Gasteiger partial charge in [0.2, 0.25) is 0 Å². The Kier molecular flexibility index (Phi) is 6.66. The molecule has 3 rings (SSSR count). The predicted octanol–water partition coefficient (Wildman–Crippen LogP) is 3.51. The maximum Gasteiger partial charge on any atom is 0.287 e. The fraction of sp³-hybridized carbons (Fsp3) is 0.292. The summed E-state index contributed by atoms with van der Waals surface area (Å²) in [5.74, 6) is 1.04. The summed E-state index contributed by atoms with van der Waals surface area (Å²) < 4.78 is 5.85. The number of carbonyl (C=O) groups excluding carboxylic acids is 1. The van der Waals surface area contributed by atoms with Gasteiger partial charge in [-0.05, 0) is 38.5 Å². The molecule has 28 heavy (non-hydrogen) atoms. The Hall–Kier alpha value is -2.85. The van der Waals surface area contributed by atoms with Gasteiger partial charge < -0.3 is 14.6 Å². The molecule has 2 aromatic carbocycles. The Morgan fingerprint density at radius 1 is 0.929 bits per heavy atom. The summed E-state index contributed by atoms with van der Waals surface area (Å²) in [4.78, 5) is 13.5. The first kappa shape index (κ1) is 19.9. The van der Waals surface area contributed by atoms with E-state index in [9.17, 15) is 4.79 Å². The average molecular weight is 378 g/mol. The SMILES string of the molecule is Cc1ccccc1C[NH+](Cc1ccccc1)Cc1ccc(C(=O)NC(C)C)o1. The molecule has 2 N–H and O–H groups in total. The van der Waals surface area contributed by atoms with Crippen molar-refractivity contribution in [2.45, 2.75) is 46.4 Å². The number of quaternary nitrogens is 1. The molecule has 1 atom stereocenters. The van der Waals surface area contributed by atoms with Gasteiger partial charge in [0.25, 0.3) is 5.91 Å². The molecule has 1 unspecified atom stereocenters. The minimum Gasteiger partial charge on any atom is -0.450 e. The quantitative estimate of drug-likeness (QED) is 0.631. The fourth-order valence-electron chi connectivity index (χ4n) is 3.32. The van der Waals surface area contributed by atoms with Crippen molar-refractivity contribution < 1.29 is 14.1 Å². The van der Waals surface area contributed by atoms with E-state index in [1.54, 1.807) is 6.07 Å². The Balaban J connectivity index is 1.76. The van der Waals surface area contributed by atoms with Gasteiger partial charge >= 0.3 is 0 Å². The largest absolute Gasteiger partial charge is 0.450 e. The van der Waals surface area contributed by atoms with Crippen LogP contribution < -0.4 is 10.2 Å². The number of rotatable bonds is 8. The van der Waals surface area contributed by atoms with E-state index in [1.807, 2.05) is 26.0 Å². The fourth-order valence-corrected chi connectivity index (χ4v) is 3.32. The molecular formula is C24H29N2O2+. The highest BCUT2D eigenvalue weighted by Crippen LogP contribution is 2.09. The van der Waals surface area contributed by atoms with Crippen LogP contribution in [0.5, 0.6) is 0 Å².